The number of nitrogens with zero attached hydrogens (tertiary/aromatic N) is 5. The number of Topliss-reactive ketones (excluding diaryl/α,β-unsaturated/α-hetero) is 1. The summed E-state index contributed by atoms with van der Waals surface area (Å²) in [7, 11) is 0. The predicted octanol–water partition coefficient (Wildman–Crippen LogP) is 2.93. The van der Waals surface area contributed by atoms with Crippen LogP contribution in [0, 0.1) is 17.5 Å². The first-order chi connectivity index (χ1) is 14.1. The third-order valence-electron chi connectivity index (χ3n) is 4.25. The molecule has 11 heteroatoms. The molecule has 0 saturated heterocycles. The Morgan fingerprint density at radius 1 is 1.00 bits per heavy atom. The zero-order valence-electron chi connectivity index (χ0n) is 16.1. The molecule has 1 aromatic heterocycles. The summed E-state index contributed by atoms with van der Waals surface area (Å²) in [5, 5.41) is 6.77. The van der Waals surface area contributed by atoms with E-state index < -0.39 is 40.9 Å². The number of tetrazole rings is 1. The average molecular weight is 419 g/mol. The standard InChI is InChI=1S/C19H16F3N5O3/c1-10(2)25(16-8-7-12(11(3)28)9-15(16)22)18(29)27-19(30)26(23-24-27)17-13(20)5-4-6-14(17)21/h4-10H,1-3H3. The number of benzene rings is 2. The molecule has 8 nitrogen and oxygen atoms in total. The first-order valence-electron chi connectivity index (χ1n) is 8.77. The number of carbonyl (C=O) groups is 2. The van der Waals surface area contributed by atoms with Gasteiger partial charge in [0.15, 0.2) is 17.4 Å². The summed E-state index contributed by atoms with van der Waals surface area (Å²) in [5.41, 5.74) is -2.14. The highest BCUT2D eigenvalue weighted by Gasteiger charge is 2.28. The maximum atomic E-state index is 14.6. The Bertz CT molecular complexity index is 1180. The van der Waals surface area contributed by atoms with Gasteiger partial charge in [-0.2, -0.15) is 4.68 Å². The largest absolute Gasteiger partial charge is 0.377 e. The molecule has 30 heavy (non-hydrogen) atoms. The van der Waals surface area contributed by atoms with E-state index in [0.717, 1.165) is 29.2 Å². The van der Waals surface area contributed by atoms with E-state index in [1.54, 1.807) is 13.8 Å². The lowest BCUT2D eigenvalue weighted by atomic mass is 10.1. The first-order valence-corrected chi connectivity index (χ1v) is 8.77. The highest BCUT2D eigenvalue weighted by Crippen LogP contribution is 2.24. The van der Waals surface area contributed by atoms with Crippen LogP contribution in [0.1, 0.15) is 31.1 Å². The van der Waals surface area contributed by atoms with Crippen LogP contribution in [-0.4, -0.2) is 37.6 Å². The highest BCUT2D eigenvalue weighted by molar-refractivity contribution is 5.96. The van der Waals surface area contributed by atoms with Crippen molar-refractivity contribution < 1.29 is 22.8 Å². The van der Waals surface area contributed by atoms with E-state index in [4.69, 9.17) is 0 Å². The van der Waals surface area contributed by atoms with Gasteiger partial charge in [0.05, 0.1) is 5.69 Å². The lowest BCUT2D eigenvalue weighted by Gasteiger charge is -2.26. The number of amides is 1. The maximum absolute atomic E-state index is 14.6. The minimum atomic E-state index is -1.24. The molecule has 3 aromatic rings. The minimum absolute atomic E-state index is 0.102. The Morgan fingerprint density at radius 3 is 2.17 bits per heavy atom. The van der Waals surface area contributed by atoms with Crippen LogP contribution in [0.25, 0.3) is 5.69 Å². The Kier molecular flexibility index (Phi) is 5.54. The van der Waals surface area contributed by atoms with Gasteiger partial charge in [0.2, 0.25) is 0 Å². The molecule has 0 aliphatic heterocycles. The van der Waals surface area contributed by atoms with Crippen molar-refractivity contribution in [2.24, 2.45) is 0 Å². The Morgan fingerprint density at radius 2 is 1.63 bits per heavy atom. The monoisotopic (exact) mass is 419 g/mol. The van der Waals surface area contributed by atoms with Crippen molar-refractivity contribution in [2.45, 2.75) is 26.8 Å². The molecule has 1 amide bonds. The van der Waals surface area contributed by atoms with Crippen LogP contribution in [0.2, 0.25) is 0 Å². The summed E-state index contributed by atoms with van der Waals surface area (Å²) in [5.74, 6) is -3.40. The average Bonchev–Trinajstić information content (AvgIpc) is 3.04. The number of aromatic nitrogens is 4. The summed E-state index contributed by atoms with van der Waals surface area (Å²) >= 11 is 0. The molecule has 2 aromatic carbocycles. The number of anilines is 1. The summed E-state index contributed by atoms with van der Waals surface area (Å²) in [6.45, 7) is 4.38. The van der Waals surface area contributed by atoms with E-state index in [-0.39, 0.29) is 21.7 Å². The third-order valence-corrected chi connectivity index (χ3v) is 4.25. The highest BCUT2D eigenvalue weighted by atomic mass is 19.1. The first kappa shape index (κ1) is 21.0. The molecule has 1 heterocycles. The van der Waals surface area contributed by atoms with Gasteiger partial charge in [0.25, 0.3) is 0 Å². The Balaban J connectivity index is 2.08. The molecule has 0 N–H and O–H groups in total. The topological polar surface area (TPSA) is 90.1 Å². The SMILES string of the molecule is CC(=O)c1ccc(N(C(=O)n2nnn(-c3c(F)cccc3F)c2=O)C(C)C)c(F)c1. The number of rotatable bonds is 4. The maximum Gasteiger partial charge on any atom is 0.377 e. The van der Waals surface area contributed by atoms with Crippen molar-refractivity contribution in [2.75, 3.05) is 4.90 Å². The lowest BCUT2D eigenvalue weighted by molar-refractivity contribution is 0.101. The molecule has 0 spiro atoms. The summed E-state index contributed by atoms with van der Waals surface area (Å²) in [6, 6.07) is 4.71. The fourth-order valence-corrected chi connectivity index (χ4v) is 2.82. The van der Waals surface area contributed by atoms with Crippen molar-refractivity contribution in [1.29, 1.82) is 0 Å². The summed E-state index contributed by atoms with van der Waals surface area (Å²) in [4.78, 5) is 37.9. The van der Waals surface area contributed by atoms with Crippen molar-refractivity contribution in [1.82, 2.24) is 19.8 Å². The molecular formula is C19H16F3N5O3. The summed E-state index contributed by atoms with van der Waals surface area (Å²) < 4.78 is 43.1. The van der Waals surface area contributed by atoms with Gasteiger partial charge in [0.1, 0.15) is 11.5 Å². The van der Waals surface area contributed by atoms with Gasteiger partial charge in [-0.05, 0) is 61.5 Å². The number of ketones is 1. The molecule has 0 atom stereocenters. The number of carbonyl (C=O) groups excluding carboxylic acids is 2. The van der Waals surface area contributed by atoms with Gasteiger partial charge in [-0.3, -0.25) is 9.69 Å². The van der Waals surface area contributed by atoms with Crippen molar-refractivity contribution in [3.05, 3.63) is 69.9 Å². The molecule has 0 saturated carbocycles. The molecule has 0 bridgehead atoms. The third kappa shape index (κ3) is 3.61. The number of hydrogen-bond donors (Lipinski definition) is 0. The van der Waals surface area contributed by atoms with Crippen LogP contribution in [0.3, 0.4) is 0 Å². The van der Waals surface area contributed by atoms with Gasteiger partial charge in [-0.1, -0.05) is 6.07 Å². The second-order valence-electron chi connectivity index (χ2n) is 6.62. The van der Waals surface area contributed by atoms with Crippen LogP contribution in [0.5, 0.6) is 0 Å². The zero-order valence-corrected chi connectivity index (χ0v) is 16.1. The lowest BCUT2D eigenvalue weighted by Crippen LogP contribution is -2.45. The van der Waals surface area contributed by atoms with Gasteiger partial charge < -0.3 is 0 Å². The normalized spacial score (nSPS) is 11.0. The van der Waals surface area contributed by atoms with Gasteiger partial charge >= 0.3 is 11.7 Å². The molecule has 0 radical (unpaired) electrons. The second-order valence-corrected chi connectivity index (χ2v) is 6.62. The molecule has 0 fully saturated rings. The molecule has 0 unspecified atom stereocenters. The zero-order chi connectivity index (χ0) is 22.2. The minimum Gasteiger partial charge on any atom is -0.295 e. The predicted molar refractivity (Wildman–Crippen MR) is 100 cm³/mol. The fraction of sp³-hybridized carbons (Fsp3) is 0.211. The summed E-state index contributed by atoms with van der Waals surface area (Å²) in [6.07, 6.45) is 0. The van der Waals surface area contributed by atoms with Crippen LogP contribution >= 0.6 is 0 Å². The van der Waals surface area contributed by atoms with Crippen molar-refractivity contribution >= 4 is 17.5 Å². The molecule has 156 valence electrons. The quantitative estimate of drug-likeness (QED) is 0.479. The van der Waals surface area contributed by atoms with E-state index >= 15 is 0 Å². The Labute approximate surface area is 168 Å². The fourth-order valence-electron chi connectivity index (χ4n) is 2.82. The number of para-hydroxylation sites is 1. The van der Waals surface area contributed by atoms with Crippen LogP contribution in [-0.2, 0) is 0 Å². The molecule has 3 rings (SSSR count). The van der Waals surface area contributed by atoms with Crippen LogP contribution < -0.4 is 10.6 Å². The number of hydrogen-bond acceptors (Lipinski definition) is 5. The van der Waals surface area contributed by atoms with Crippen LogP contribution in [0.15, 0.2) is 41.2 Å². The van der Waals surface area contributed by atoms with Crippen molar-refractivity contribution in [3.8, 4) is 5.69 Å². The molecular weight excluding hydrogens is 403 g/mol. The van der Waals surface area contributed by atoms with E-state index in [0.29, 0.717) is 4.68 Å². The smallest absolute Gasteiger partial charge is 0.295 e. The number of halogens is 3. The van der Waals surface area contributed by atoms with E-state index in [1.807, 2.05) is 0 Å². The Hall–Kier alpha value is -3.76. The van der Waals surface area contributed by atoms with Crippen molar-refractivity contribution in [3.63, 3.8) is 0 Å². The van der Waals surface area contributed by atoms with Gasteiger partial charge in [0, 0.05) is 11.6 Å². The van der Waals surface area contributed by atoms with E-state index in [1.165, 1.54) is 19.1 Å². The van der Waals surface area contributed by atoms with Crippen LogP contribution in [0.4, 0.5) is 23.7 Å². The molecule has 0 aliphatic carbocycles. The van der Waals surface area contributed by atoms with Gasteiger partial charge in [-0.15, -0.1) is 4.68 Å². The second kappa shape index (κ2) is 7.93. The van der Waals surface area contributed by atoms with Gasteiger partial charge in [-0.25, -0.2) is 22.8 Å². The molecule has 0 aliphatic rings. The van der Waals surface area contributed by atoms with E-state index in [9.17, 15) is 27.6 Å². The van der Waals surface area contributed by atoms with E-state index in [2.05, 4.69) is 10.4 Å².